The van der Waals surface area contributed by atoms with E-state index in [1.54, 1.807) is 6.07 Å². The Morgan fingerprint density at radius 1 is 1.56 bits per heavy atom. The lowest BCUT2D eigenvalue weighted by molar-refractivity contribution is -0.384. The number of nitrogens with two attached hydrogens (primary N) is 1. The molecule has 5 nitrogen and oxygen atoms in total. The number of nitro benzene ring substituents is 1. The lowest BCUT2D eigenvalue weighted by Gasteiger charge is -2.25. The van der Waals surface area contributed by atoms with Crippen molar-refractivity contribution < 1.29 is 9.66 Å². The molecule has 0 amide bonds. The van der Waals surface area contributed by atoms with E-state index in [1.165, 1.54) is 12.1 Å². The number of halogens is 1. The average Bonchev–Trinajstić information content (AvgIpc) is 2.81. The molecule has 2 rings (SSSR count). The summed E-state index contributed by atoms with van der Waals surface area (Å²) in [5.41, 5.74) is 6.94. The third-order valence-electron chi connectivity index (χ3n) is 3.43. The van der Waals surface area contributed by atoms with Crippen LogP contribution in [0.3, 0.4) is 0 Å². The van der Waals surface area contributed by atoms with E-state index in [9.17, 15) is 10.1 Å². The second-order valence-electron chi connectivity index (χ2n) is 4.72. The van der Waals surface area contributed by atoms with Crippen molar-refractivity contribution in [2.45, 2.75) is 12.8 Å². The van der Waals surface area contributed by atoms with E-state index in [4.69, 9.17) is 10.5 Å². The Morgan fingerprint density at radius 2 is 2.33 bits per heavy atom. The molecular formula is C12H15BrN2O3. The first-order chi connectivity index (χ1) is 8.56. The molecule has 1 fully saturated rings. The molecular weight excluding hydrogens is 300 g/mol. The summed E-state index contributed by atoms with van der Waals surface area (Å²) in [7, 11) is 0. The Bertz CT molecular complexity index is 459. The van der Waals surface area contributed by atoms with Crippen molar-refractivity contribution in [3.05, 3.63) is 38.3 Å². The van der Waals surface area contributed by atoms with Gasteiger partial charge in [-0.1, -0.05) is 22.0 Å². The summed E-state index contributed by atoms with van der Waals surface area (Å²) in [4.78, 5) is 10.3. The van der Waals surface area contributed by atoms with Gasteiger partial charge in [-0.3, -0.25) is 10.1 Å². The predicted molar refractivity (Wildman–Crippen MR) is 71.4 cm³/mol. The molecule has 0 saturated carbocycles. The van der Waals surface area contributed by atoms with E-state index in [2.05, 4.69) is 15.9 Å². The first kappa shape index (κ1) is 13.5. The highest BCUT2D eigenvalue weighted by Crippen LogP contribution is 2.34. The van der Waals surface area contributed by atoms with Gasteiger partial charge in [-0.25, -0.2) is 0 Å². The summed E-state index contributed by atoms with van der Waals surface area (Å²) in [6.45, 7) is 1.96. The van der Waals surface area contributed by atoms with Gasteiger partial charge in [0, 0.05) is 35.2 Å². The standard InChI is InChI=1S/C12H15BrN2O3/c13-11-5-10(15(16)17)2-1-9(11)6-12(7-14)3-4-18-8-12/h1-2,5H,3-4,6-8,14H2. The SMILES string of the molecule is NCC1(Cc2ccc([N+](=O)[O-])cc2Br)CCOC1. The minimum absolute atomic E-state index is 0.0291. The van der Waals surface area contributed by atoms with Crippen molar-refractivity contribution in [3.8, 4) is 0 Å². The minimum Gasteiger partial charge on any atom is -0.381 e. The van der Waals surface area contributed by atoms with Gasteiger partial charge < -0.3 is 10.5 Å². The molecule has 0 radical (unpaired) electrons. The molecule has 1 aliphatic heterocycles. The number of nitrogens with zero attached hydrogens (tertiary/aromatic N) is 1. The van der Waals surface area contributed by atoms with E-state index in [-0.39, 0.29) is 11.1 Å². The Balaban J connectivity index is 2.21. The van der Waals surface area contributed by atoms with Crippen LogP contribution in [0.15, 0.2) is 22.7 Å². The monoisotopic (exact) mass is 314 g/mol. The molecule has 1 aliphatic rings. The molecule has 0 aliphatic carbocycles. The lowest BCUT2D eigenvalue weighted by atomic mass is 9.81. The van der Waals surface area contributed by atoms with E-state index in [0.29, 0.717) is 13.2 Å². The number of nitro groups is 1. The van der Waals surface area contributed by atoms with Crippen LogP contribution in [0.5, 0.6) is 0 Å². The van der Waals surface area contributed by atoms with Crippen molar-refractivity contribution >= 4 is 21.6 Å². The van der Waals surface area contributed by atoms with Gasteiger partial charge in [0.15, 0.2) is 0 Å². The van der Waals surface area contributed by atoms with Crippen LogP contribution in [-0.4, -0.2) is 24.7 Å². The molecule has 1 aromatic rings. The van der Waals surface area contributed by atoms with Crippen LogP contribution in [0.1, 0.15) is 12.0 Å². The van der Waals surface area contributed by atoms with Crippen molar-refractivity contribution in [2.24, 2.45) is 11.1 Å². The number of benzene rings is 1. The highest BCUT2D eigenvalue weighted by Gasteiger charge is 2.34. The molecule has 2 N–H and O–H groups in total. The topological polar surface area (TPSA) is 78.4 Å². The summed E-state index contributed by atoms with van der Waals surface area (Å²) in [6, 6.07) is 4.85. The van der Waals surface area contributed by atoms with Crippen molar-refractivity contribution in [1.82, 2.24) is 0 Å². The smallest absolute Gasteiger partial charge is 0.270 e. The second kappa shape index (κ2) is 5.34. The molecule has 1 unspecified atom stereocenters. The summed E-state index contributed by atoms with van der Waals surface area (Å²) < 4.78 is 6.18. The maximum absolute atomic E-state index is 10.7. The summed E-state index contributed by atoms with van der Waals surface area (Å²) in [5.74, 6) is 0. The highest BCUT2D eigenvalue weighted by molar-refractivity contribution is 9.10. The average molecular weight is 315 g/mol. The Labute approximate surface area is 114 Å². The van der Waals surface area contributed by atoms with Gasteiger partial charge in [-0.15, -0.1) is 0 Å². The Hall–Kier alpha value is -0.980. The summed E-state index contributed by atoms with van der Waals surface area (Å²) >= 11 is 3.39. The zero-order chi connectivity index (χ0) is 13.2. The first-order valence-electron chi connectivity index (χ1n) is 5.77. The molecule has 0 bridgehead atoms. The predicted octanol–water partition coefficient (Wildman–Crippen LogP) is 2.27. The molecule has 1 heterocycles. The fourth-order valence-electron chi connectivity index (χ4n) is 2.22. The molecule has 6 heteroatoms. The van der Waals surface area contributed by atoms with Crippen LogP contribution in [0.25, 0.3) is 0 Å². The van der Waals surface area contributed by atoms with Crippen molar-refractivity contribution in [3.63, 3.8) is 0 Å². The Morgan fingerprint density at radius 3 is 2.83 bits per heavy atom. The largest absolute Gasteiger partial charge is 0.381 e. The number of ether oxygens (including phenoxy) is 1. The zero-order valence-corrected chi connectivity index (χ0v) is 11.5. The number of rotatable bonds is 4. The van der Waals surface area contributed by atoms with E-state index in [0.717, 1.165) is 29.5 Å². The van der Waals surface area contributed by atoms with Gasteiger partial charge in [0.25, 0.3) is 5.69 Å². The van der Waals surface area contributed by atoms with Gasteiger partial charge in [-0.05, 0) is 18.4 Å². The molecule has 0 aromatic heterocycles. The van der Waals surface area contributed by atoms with E-state index >= 15 is 0 Å². The van der Waals surface area contributed by atoms with E-state index in [1.807, 2.05) is 0 Å². The molecule has 1 atom stereocenters. The van der Waals surface area contributed by atoms with Gasteiger partial charge in [-0.2, -0.15) is 0 Å². The Kier molecular flexibility index (Phi) is 3.99. The fourth-order valence-corrected chi connectivity index (χ4v) is 2.73. The second-order valence-corrected chi connectivity index (χ2v) is 5.57. The lowest BCUT2D eigenvalue weighted by Crippen LogP contribution is -2.33. The molecule has 1 saturated heterocycles. The first-order valence-corrected chi connectivity index (χ1v) is 6.56. The van der Waals surface area contributed by atoms with Crippen molar-refractivity contribution in [1.29, 1.82) is 0 Å². The number of hydrogen-bond donors (Lipinski definition) is 1. The van der Waals surface area contributed by atoms with Crippen LogP contribution in [0.2, 0.25) is 0 Å². The van der Waals surface area contributed by atoms with Gasteiger partial charge in [0.05, 0.1) is 11.5 Å². The number of hydrogen-bond acceptors (Lipinski definition) is 4. The summed E-state index contributed by atoms with van der Waals surface area (Å²) in [6.07, 6.45) is 1.72. The molecule has 1 aromatic carbocycles. The molecule has 0 spiro atoms. The quantitative estimate of drug-likeness (QED) is 0.683. The molecule has 98 valence electrons. The van der Waals surface area contributed by atoms with Gasteiger partial charge >= 0.3 is 0 Å². The van der Waals surface area contributed by atoms with Crippen LogP contribution in [-0.2, 0) is 11.2 Å². The minimum atomic E-state index is -0.397. The van der Waals surface area contributed by atoms with Crippen LogP contribution < -0.4 is 5.73 Å². The third-order valence-corrected chi connectivity index (χ3v) is 4.17. The van der Waals surface area contributed by atoms with E-state index < -0.39 is 4.92 Å². The van der Waals surface area contributed by atoms with Crippen LogP contribution in [0.4, 0.5) is 5.69 Å². The maximum Gasteiger partial charge on any atom is 0.270 e. The normalized spacial score (nSPS) is 23.2. The van der Waals surface area contributed by atoms with Gasteiger partial charge in [0.1, 0.15) is 0 Å². The summed E-state index contributed by atoms with van der Waals surface area (Å²) in [5, 5.41) is 10.7. The van der Waals surface area contributed by atoms with Crippen LogP contribution in [0, 0.1) is 15.5 Å². The zero-order valence-electron chi connectivity index (χ0n) is 9.89. The number of non-ortho nitro benzene ring substituents is 1. The van der Waals surface area contributed by atoms with Gasteiger partial charge in [0.2, 0.25) is 0 Å². The fraction of sp³-hybridized carbons (Fsp3) is 0.500. The maximum atomic E-state index is 10.7. The van der Waals surface area contributed by atoms with Crippen molar-refractivity contribution in [2.75, 3.05) is 19.8 Å². The van der Waals surface area contributed by atoms with Crippen LogP contribution >= 0.6 is 15.9 Å². The highest BCUT2D eigenvalue weighted by atomic mass is 79.9. The third kappa shape index (κ3) is 2.71. The molecule has 18 heavy (non-hydrogen) atoms.